The minimum atomic E-state index is -0.0819. The average molecular weight is 625 g/mol. The normalized spacial score (nSPS) is 13.3. The van der Waals surface area contributed by atoms with Crippen molar-refractivity contribution in [3.63, 3.8) is 0 Å². The monoisotopic (exact) mass is 624 g/mol. The highest BCUT2D eigenvalue weighted by molar-refractivity contribution is 5.75. The molecule has 0 aliphatic rings. The molecule has 0 aliphatic carbocycles. The standard InChI is InChI=1S/C36H48O9/c1-13-24(25-16-31(41-8)34(44-11)19-28(25)38-5)22(3)36(26-17-32(42-9)35(45-12)20-29(26)39-6)21(2)14-23-15-30(40-7)33(43-10)18-27(23)37-4/h13,15-22,36H,14H2,1-12H3/b24-13-. The maximum Gasteiger partial charge on any atom is 0.164 e. The van der Waals surface area contributed by atoms with E-state index in [9.17, 15) is 0 Å². The number of ether oxygens (including phenoxy) is 9. The predicted molar refractivity (Wildman–Crippen MR) is 177 cm³/mol. The zero-order valence-corrected chi connectivity index (χ0v) is 28.7. The number of methoxy groups -OCH3 is 9. The Balaban J connectivity index is 2.28. The van der Waals surface area contributed by atoms with Crippen molar-refractivity contribution in [2.24, 2.45) is 11.8 Å². The molecule has 0 heterocycles. The van der Waals surface area contributed by atoms with Crippen molar-refractivity contribution >= 4 is 5.57 Å². The van der Waals surface area contributed by atoms with Gasteiger partial charge < -0.3 is 42.6 Å². The molecule has 0 bridgehead atoms. The summed E-state index contributed by atoms with van der Waals surface area (Å²) in [5.41, 5.74) is 3.95. The Morgan fingerprint density at radius 1 is 0.511 bits per heavy atom. The molecule has 9 nitrogen and oxygen atoms in total. The molecule has 0 fully saturated rings. The third kappa shape index (κ3) is 7.30. The molecule has 0 radical (unpaired) electrons. The summed E-state index contributed by atoms with van der Waals surface area (Å²) in [6.45, 7) is 6.48. The number of benzene rings is 3. The quantitative estimate of drug-likeness (QED) is 0.161. The third-order valence-corrected chi connectivity index (χ3v) is 8.39. The molecule has 246 valence electrons. The van der Waals surface area contributed by atoms with Crippen LogP contribution < -0.4 is 42.6 Å². The van der Waals surface area contributed by atoms with Crippen LogP contribution in [0.4, 0.5) is 0 Å². The average Bonchev–Trinajstić information content (AvgIpc) is 3.07. The number of allylic oxidation sites excluding steroid dienone is 2. The Hall–Kier alpha value is -4.40. The lowest BCUT2D eigenvalue weighted by Crippen LogP contribution is -2.22. The molecule has 0 saturated carbocycles. The molecule has 0 N–H and O–H groups in total. The van der Waals surface area contributed by atoms with E-state index in [0.717, 1.165) is 28.0 Å². The van der Waals surface area contributed by atoms with Crippen LogP contribution in [0.15, 0.2) is 42.5 Å². The molecular formula is C36H48O9. The Labute approximate surface area is 267 Å². The van der Waals surface area contributed by atoms with Gasteiger partial charge in [-0.05, 0) is 60.4 Å². The minimum absolute atomic E-state index is 0.0462. The second kappa shape index (κ2) is 16.1. The van der Waals surface area contributed by atoms with Crippen molar-refractivity contribution in [3.8, 4) is 51.7 Å². The van der Waals surface area contributed by atoms with Crippen LogP contribution in [0.5, 0.6) is 51.7 Å². The Morgan fingerprint density at radius 3 is 1.38 bits per heavy atom. The maximum atomic E-state index is 5.98. The van der Waals surface area contributed by atoms with Gasteiger partial charge in [0.2, 0.25) is 0 Å². The summed E-state index contributed by atoms with van der Waals surface area (Å²) in [5.74, 6) is 5.68. The summed E-state index contributed by atoms with van der Waals surface area (Å²) in [6, 6.07) is 11.6. The molecule has 9 heteroatoms. The number of hydrogen-bond acceptors (Lipinski definition) is 9. The third-order valence-electron chi connectivity index (χ3n) is 8.39. The first-order valence-electron chi connectivity index (χ1n) is 14.8. The van der Waals surface area contributed by atoms with Crippen LogP contribution in [0.3, 0.4) is 0 Å². The summed E-state index contributed by atoms with van der Waals surface area (Å²) < 4.78 is 51.5. The van der Waals surface area contributed by atoms with E-state index in [1.807, 2.05) is 43.3 Å². The van der Waals surface area contributed by atoms with Crippen molar-refractivity contribution in [3.05, 3.63) is 59.2 Å². The second-order valence-electron chi connectivity index (χ2n) is 10.6. The zero-order valence-electron chi connectivity index (χ0n) is 28.7. The number of hydrogen-bond donors (Lipinski definition) is 0. The molecule has 0 spiro atoms. The highest BCUT2D eigenvalue weighted by atomic mass is 16.5. The van der Waals surface area contributed by atoms with E-state index in [4.69, 9.17) is 42.6 Å². The van der Waals surface area contributed by atoms with Gasteiger partial charge in [-0.3, -0.25) is 0 Å². The highest BCUT2D eigenvalue weighted by Gasteiger charge is 2.34. The van der Waals surface area contributed by atoms with Gasteiger partial charge in [-0.15, -0.1) is 0 Å². The lowest BCUT2D eigenvalue weighted by Gasteiger charge is -2.34. The zero-order chi connectivity index (χ0) is 33.3. The van der Waals surface area contributed by atoms with E-state index in [1.165, 1.54) is 0 Å². The molecule has 3 atom stereocenters. The van der Waals surface area contributed by atoms with Gasteiger partial charge in [-0.2, -0.15) is 0 Å². The summed E-state index contributed by atoms with van der Waals surface area (Å²) >= 11 is 0. The molecule has 3 unspecified atom stereocenters. The molecule has 0 aromatic heterocycles. The van der Waals surface area contributed by atoms with Crippen LogP contribution in [0.2, 0.25) is 0 Å². The fourth-order valence-corrected chi connectivity index (χ4v) is 6.22. The second-order valence-corrected chi connectivity index (χ2v) is 10.6. The lowest BCUT2D eigenvalue weighted by molar-refractivity contribution is 0.331. The SMILES string of the molecule is C/C=C(\c1cc(OC)c(OC)cc1OC)C(C)C(c1cc(OC)c(OC)cc1OC)C(C)Cc1cc(OC)c(OC)cc1OC. The van der Waals surface area contributed by atoms with Gasteiger partial charge in [-0.1, -0.05) is 19.9 Å². The van der Waals surface area contributed by atoms with Crippen LogP contribution in [-0.2, 0) is 6.42 Å². The first kappa shape index (κ1) is 35.1. The lowest BCUT2D eigenvalue weighted by atomic mass is 9.71. The van der Waals surface area contributed by atoms with Crippen LogP contribution in [-0.4, -0.2) is 64.0 Å². The molecular weight excluding hydrogens is 576 g/mol. The molecule has 3 aromatic rings. The molecule has 3 rings (SSSR count). The van der Waals surface area contributed by atoms with E-state index >= 15 is 0 Å². The van der Waals surface area contributed by atoms with Gasteiger partial charge in [0, 0.05) is 29.3 Å². The maximum absolute atomic E-state index is 5.98. The highest BCUT2D eigenvalue weighted by Crippen LogP contribution is 2.50. The fraction of sp³-hybridized carbons (Fsp3) is 0.444. The van der Waals surface area contributed by atoms with Gasteiger partial charge in [-0.25, -0.2) is 0 Å². The van der Waals surface area contributed by atoms with Gasteiger partial charge in [0.15, 0.2) is 34.5 Å². The number of rotatable bonds is 16. The Bertz CT molecular complexity index is 1460. The van der Waals surface area contributed by atoms with E-state index < -0.39 is 0 Å². The topological polar surface area (TPSA) is 83.1 Å². The van der Waals surface area contributed by atoms with E-state index in [0.29, 0.717) is 52.4 Å². The fourth-order valence-electron chi connectivity index (χ4n) is 6.22. The molecule has 45 heavy (non-hydrogen) atoms. The van der Waals surface area contributed by atoms with Gasteiger partial charge in [0.05, 0.1) is 64.0 Å². The summed E-state index contributed by atoms with van der Waals surface area (Å²) in [4.78, 5) is 0. The largest absolute Gasteiger partial charge is 0.496 e. The predicted octanol–water partition coefficient (Wildman–Crippen LogP) is 7.47. The summed E-state index contributed by atoms with van der Waals surface area (Å²) in [5, 5.41) is 0. The molecule has 0 amide bonds. The van der Waals surface area contributed by atoms with Gasteiger partial charge in [0.1, 0.15) is 17.2 Å². The van der Waals surface area contributed by atoms with E-state index in [-0.39, 0.29) is 17.8 Å². The van der Waals surface area contributed by atoms with Crippen molar-refractivity contribution in [2.45, 2.75) is 33.1 Å². The Kier molecular flexibility index (Phi) is 12.5. The first-order chi connectivity index (χ1) is 21.7. The van der Waals surface area contributed by atoms with E-state index in [2.05, 4.69) is 19.9 Å². The molecule has 0 saturated heterocycles. The van der Waals surface area contributed by atoms with Crippen LogP contribution in [0, 0.1) is 11.8 Å². The van der Waals surface area contributed by atoms with Crippen molar-refractivity contribution in [1.29, 1.82) is 0 Å². The van der Waals surface area contributed by atoms with Crippen LogP contribution in [0.25, 0.3) is 5.57 Å². The van der Waals surface area contributed by atoms with Crippen molar-refractivity contribution in [1.82, 2.24) is 0 Å². The molecule has 0 aliphatic heterocycles. The van der Waals surface area contributed by atoms with Crippen LogP contribution >= 0.6 is 0 Å². The van der Waals surface area contributed by atoms with Gasteiger partial charge in [0.25, 0.3) is 0 Å². The summed E-state index contributed by atoms with van der Waals surface area (Å²) in [7, 11) is 14.7. The Morgan fingerprint density at radius 2 is 0.911 bits per heavy atom. The first-order valence-corrected chi connectivity index (χ1v) is 14.8. The minimum Gasteiger partial charge on any atom is -0.496 e. The van der Waals surface area contributed by atoms with Gasteiger partial charge >= 0.3 is 0 Å². The smallest absolute Gasteiger partial charge is 0.164 e. The van der Waals surface area contributed by atoms with Crippen molar-refractivity contribution < 1.29 is 42.6 Å². The van der Waals surface area contributed by atoms with Crippen molar-refractivity contribution in [2.75, 3.05) is 64.0 Å². The van der Waals surface area contributed by atoms with E-state index in [1.54, 1.807) is 64.0 Å². The summed E-state index contributed by atoms with van der Waals surface area (Å²) in [6.07, 6.45) is 2.79. The van der Waals surface area contributed by atoms with Crippen LogP contribution in [0.1, 0.15) is 43.4 Å². The molecule has 3 aromatic carbocycles.